The number of rotatable bonds is 4. The fourth-order valence-electron chi connectivity index (χ4n) is 11.5. The van der Waals surface area contributed by atoms with Crippen molar-refractivity contribution in [2.75, 3.05) is 26.7 Å². The summed E-state index contributed by atoms with van der Waals surface area (Å²) in [5, 5.41) is 11.8. The van der Waals surface area contributed by atoms with Gasteiger partial charge in [-0.3, -0.25) is 9.69 Å². The number of likely N-dealkylation sites (tertiary alicyclic amines) is 2. The predicted molar refractivity (Wildman–Crippen MR) is 140 cm³/mol. The maximum Gasteiger partial charge on any atom is 0.254 e. The molecule has 0 aromatic heterocycles. The number of hydrogen-bond acceptors (Lipinski definition) is 4. The lowest BCUT2D eigenvalue weighted by Gasteiger charge is -2.73. The highest BCUT2D eigenvalue weighted by atomic mass is 16.5. The Hall–Kier alpha value is -2.53. The van der Waals surface area contributed by atoms with Crippen LogP contribution in [0, 0.1) is 35.0 Å². The third-order valence-corrected chi connectivity index (χ3v) is 12.2. The van der Waals surface area contributed by atoms with E-state index in [4.69, 9.17) is 4.74 Å². The molecule has 7 aliphatic rings. The molecule has 2 bridgehead atoms. The molecule has 2 heterocycles. The fraction of sp³-hybridized carbons (Fsp3) is 0.594. The molecule has 192 valence electrons. The van der Waals surface area contributed by atoms with Crippen LogP contribution in [0.15, 0.2) is 42.5 Å². The van der Waals surface area contributed by atoms with E-state index in [9.17, 15) is 9.90 Å². The van der Waals surface area contributed by atoms with E-state index in [-0.39, 0.29) is 22.8 Å². The quantitative estimate of drug-likeness (QED) is 0.679. The minimum Gasteiger partial charge on any atom is -0.504 e. The average molecular weight is 497 g/mol. The van der Waals surface area contributed by atoms with E-state index in [0.717, 1.165) is 30.9 Å². The molecule has 6 fully saturated rings. The van der Waals surface area contributed by atoms with Gasteiger partial charge in [0.05, 0.1) is 7.11 Å². The summed E-state index contributed by atoms with van der Waals surface area (Å²) in [5.74, 6) is 4.34. The van der Waals surface area contributed by atoms with Gasteiger partial charge in [-0.15, -0.1) is 0 Å². The lowest BCUT2D eigenvalue weighted by molar-refractivity contribution is -0.181. The minimum absolute atomic E-state index is 0.0217. The molecule has 0 radical (unpaired) electrons. The first-order valence-electron chi connectivity index (χ1n) is 14.6. The molecule has 5 nitrogen and oxygen atoms in total. The van der Waals surface area contributed by atoms with Crippen molar-refractivity contribution < 1.29 is 14.6 Å². The summed E-state index contributed by atoms with van der Waals surface area (Å²) in [6.07, 6.45) is 7.36. The standard InChI is InChI=1S/C32H36N2O3/c1-37-24-10-9-20-13-21-16-33(15-18-7-8-18)29-27(21)32(26(20)28(24)35)25-22-14-31(29,32)12-11-23(25)34(17-22)30(36)19-5-3-2-4-6-19/h2-6,9-10,18,21-23,25,27,29,35H,7-8,11-17H2,1H3/t21?,22-,23?,25?,27?,29?,31?,32?/m1/s1. The van der Waals surface area contributed by atoms with Gasteiger partial charge >= 0.3 is 0 Å². The van der Waals surface area contributed by atoms with Crippen molar-refractivity contribution in [1.29, 1.82) is 0 Å². The zero-order chi connectivity index (χ0) is 24.7. The number of aromatic hydroxyl groups is 1. The summed E-state index contributed by atoms with van der Waals surface area (Å²) in [6, 6.07) is 15.0. The van der Waals surface area contributed by atoms with Gasteiger partial charge in [-0.25, -0.2) is 0 Å². The van der Waals surface area contributed by atoms with Crippen molar-refractivity contribution in [2.24, 2.45) is 35.0 Å². The Bertz CT molecular complexity index is 1320. The summed E-state index contributed by atoms with van der Waals surface area (Å²) in [5.41, 5.74) is 3.60. The first kappa shape index (κ1) is 21.4. The third-order valence-electron chi connectivity index (χ3n) is 12.2. The highest BCUT2D eigenvalue weighted by Gasteiger charge is 2.87. The summed E-state index contributed by atoms with van der Waals surface area (Å²) in [7, 11) is 1.68. The molecule has 2 aromatic carbocycles. The van der Waals surface area contributed by atoms with E-state index in [0.29, 0.717) is 41.2 Å². The lowest BCUT2D eigenvalue weighted by atomic mass is 9.31. The second-order valence-corrected chi connectivity index (χ2v) is 13.4. The highest BCUT2D eigenvalue weighted by molar-refractivity contribution is 5.94. The molecule has 9 rings (SSSR count). The first-order valence-corrected chi connectivity index (χ1v) is 14.6. The Morgan fingerprint density at radius 1 is 1.05 bits per heavy atom. The predicted octanol–water partition coefficient (Wildman–Crippen LogP) is 4.48. The Morgan fingerprint density at radius 2 is 1.89 bits per heavy atom. The minimum atomic E-state index is -0.0217. The van der Waals surface area contributed by atoms with Gasteiger partial charge in [0.1, 0.15) is 0 Å². The van der Waals surface area contributed by atoms with Crippen molar-refractivity contribution in [3.8, 4) is 11.5 Å². The highest BCUT2D eigenvalue weighted by Crippen LogP contribution is 2.85. The zero-order valence-electron chi connectivity index (χ0n) is 21.6. The molecule has 37 heavy (non-hydrogen) atoms. The van der Waals surface area contributed by atoms with Gasteiger partial charge in [0.25, 0.3) is 5.91 Å². The van der Waals surface area contributed by atoms with Crippen LogP contribution in [-0.2, 0) is 11.8 Å². The van der Waals surface area contributed by atoms with Gasteiger partial charge in [-0.05, 0) is 97.3 Å². The van der Waals surface area contributed by atoms with E-state index < -0.39 is 0 Å². The van der Waals surface area contributed by atoms with E-state index in [1.165, 1.54) is 49.9 Å². The lowest BCUT2D eigenvalue weighted by Crippen LogP contribution is -2.77. The van der Waals surface area contributed by atoms with Crippen LogP contribution in [-0.4, -0.2) is 59.6 Å². The normalized spacial score (nSPS) is 42.1. The number of fused-ring (bicyclic) bond motifs is 1. The SMILES string of the molecule is COc1ccc2c(c1O)C13C4C(C2)CN(CC2CC2)C4C12CCC1C3[C@@H](CN1C(=O)c1ccccc1)C2. The van der Waals surface area contributed by atoms with Gasteiger partial charge in [0.15, 0.2) is 11.5 Å². The van der Waals surface area contributed by atoms with E-state index in [1.807, 2.05) is 36.4 Å². The summed E-state index contributed by atoms with van der Waals surface area (Å²) in [6.45, 7) is 3.37. The topological polar surface area (TPSA) is 53.0 Å². The van der Waals surface area contributed by atoms with E-state index in [1.54, 1.807) is 7.11 Å². The maximum absolute atomic E-state index is 13.8. The number of phenols is 1. The first-order chi connectivity index (χ1) is 18.1. The van der Waals surface area contributed by atoms with Crippen LogP contribution in [0.3, 0.4) is 0 Å². The molecule has 4 saturated carbocycles. The van der Waals surface area contributed by atoms with E-state index in [2.05, 4.69) is 15.9 Å². The molecule has 2 aromatic rings. The second kappa shape index (κ2) is 6.91. The Balaban J connectivity index is 1.21. The van der Waals surface area contributed by atoms with Gasteiger partial charge in [0.2, 0.25) is 0 Å². The largest absolute Gasteiger partial charge is 0.504 e. The number of benzene rings is 2. The molecule has 7 unspecified atom stereocenters. The molecule has 5 heteroatoms. The van der Waals surface area contributed by atoms with Crippen LogP contribution in [0.1, 0.15) is 53.6 Å². The summed E-state index contributed by atoms with van der Waals surface area (Å²) >= 11 is 0. The summed E-state index contributed by atoms with van der Waals surface area (Å²) < 4.78 is 5.70. The number of nitrogens with zero attached hydrogens (tertiary/aromatic N) is 2. The van der Waals surface area contributed by atoms with Crippen molar-refractivity contribution in [3.05, 3.63) is 59.2 Å². The number of methoxy groups -OCH3 is 1. The Labute approximate surface area is 218 Å². The molecule has 5 aliphatic carbocycles. The number of phenolic OH excluding ortho intramolecular Hbond substituents is 1. The summed E-state index contributed by atoms with van der Waals surface area (Å²) in [4.78, 5) is 19.0. The van der Waals surface area contributed by atoms with Crippen molar-refractivity contribution >= 4 is 5.91 Å². The molecule has 2 aliphatic heterocycles. The molecule has 1 amide bonds. The van der Waals surface area contributed by atoms with Crippen molar-refractivity contribution in [1.82, 2.24) is 9.80 Å². The number of carbonyl (C=O) groups excluding carboxylic acids is 1. The van der Waals surface area contributed by atoms with Crippen LogP contribution in [0.4, 0.5) is 0 Å². The second-order valence-electron chi connectivity index (χ2n) is 13.4. The van der Waals surface area contributed by atoms with Gasteiger partial charge in [-0.2, -0.15) is 0 Å². The van der Waals surface area contributed by atoms with Crippen LogP contribution in [0.25, 0.3) is 0 Å². The Kier molecular flexibility index (Phi) is 4.00. The maximum atomic E-state index is 13.8. The molecular formula is C32H36N2O3. The zero-order valence-corrected chi connectivity index (χ0v) is 21.6. The van der Waals surface area contributed by atoms with Crippen molar-refractivity contribution in [3.63, 3.8) is 0 Å². The van der Waals surface area contributed by atoms with Gasteiger partial charge in [0, 0.05) is 48.3 Å². The van der Waals surface area contributed by atoms with Crippen LogP contribution in [0.5, 0.6) is 11.5 Å². The smallest absolute Gasteiger partial charge is 0.254 e. The Morgan fingerprint density at radius 3 is 2.68 bits per heavy atom. The average Bonchev–Trinajstić information content (AvgIpc) is 3.52. The number of hydrogen-bond donors (Lipinski definition) is 1. The van der Waals surface area contributed by atoms with E-state index >= 15 is 0 Å². The van der Waals surface area contributed by atoms with Crippen LogP contribution in [0.2, 0.25) is 0 Å². The van der Waals surface area contributed by atoms with Crippen molar-refractivity contribution in [2.45, 2.75) is 56.0 Å². The number of carbonyl (C=O) groups is 1. The molecular weight excluding hydrogens is 460 g/mol. The molecule has 8 atom stereocenters. The molecule has 1 N–H and O–H groups in total. The third kappa shape index (κ3) is 2.32. The molecule has 2 saturated heterocycles. The molecule has 1 spiro atoms. The van der Waals surface area contributed by atoms with Gasteiger partial charge < -0.3 is 14.7 Å². The number of amides is 1. The monoisotopic (exact) mass is 496 g/mol. The number of ether oxygens (including phenoxy) is 1. The fourth-order valence-corrected chi connectivity index (χ4v) is 11.5. The van der Waals surface area contributed by atoms with Crippen LogP contribution < -0.4 is 4.74 Å². The van der Waals surface area contributed by atoms with Crippen LogP contribution >= 0.6 is 0 Å². The van der Waals surface area contributed by atoms with Gasteiger partial charge in [-0.1, -0.05) is 24.3 Å².